The Bertz CT molecular complexity index is 2730. The molecule has 0 unspecified atom stereocenters. The lowest BCUT2D eigenvalue weighted by atomic mass is 10.0. The number of unbranched alkanes of at least 4 members (excludes halogenated alkanes) is 3. The molecule has 0 saturated heterocycles. The number of aliphatic imine (C=N–C) groups is 1. The zero-order valence-electron chi connectivity index (χ0n) is 41.4. The van der Waals surface area contributed by atoms with Gasteiger partial charge in [-0.25, -0.2) is 0 Å². The van der Waals surface area contributed by atoms with Crippen LogP contribution in [0.2, 0.25) is 0 Å². The van der Waals surface area contributed by atoms with Crippen molar-refractivity contribution in [1.29, 1.82) is 0 Å². The number of carbonyl (C=O) groups is 5. The highest BCUT2D eigenvalue weighted by atomic mass is 32.2. The monoisotopic (exact) mass is 1010 g/mol. The van der Waals surface area contributed by atoms with Crippen molar-refractivity contribution >= 4 is 70.0 Å². The average molecular weight is 1010 g/mol. The fraction of sp³-hybridized carbons (Fsp3) is 0.339. The number of carbonyl (C=O) groups excluding carboxylic acids is 5. The van der Waals surface area contributed by atoms with Crippen molar-refractivity contribution in [3.63, 3.8) is 0 Å². The number of thioether (sulfide) groups is 1. The fourth-order valence-corrected chi connectivity index (χ4v) is 9.67. The molecule has 1 aliphatic rings. The number of allylic oxidation sites excluding steroid dienone is 2. The van der Waals surface area contributed by atoms with Gasteiger partial charge in [-0.3, -0.25) is 24.2 Å². The number of nitrogens with one attached hydrogen (secondary N) is 4. The van der Waals surface area contributed by atoms with E-state index in [4.69, 9.17) is 17.2 Å². The maximum Gasteiger partial charge on any atom is 0.243 e. The van der Waals surface area contributed by atoms with Crippen molar-refractivity contribution in [3.05, 3.63) is 155 Å². The molecule has 4 aromatic carbocycles. The smallest absolute Gasteiger partial charge is 0.243 e. The molecule has 16 nitrogen and oxygen atoms in total. The van der Waals surface area contributed by atoms with Gasteiger partial charge >= 0.3 is 0 Å². The molecule has 2 heterocycles. The normalized spacial score (nSPS) is 14.2. The number of anilines is 1. The van der Waals surface area contributed by atoms with Crippen molar-refractivity contribution in [1.82, 2.24) is 21.3 Å². The van der Waals surface area contributed by atoms with Crippen LogP contribution in [0.25, 0.3) is 17.0 Å². The van der Waals surface area contributed by atoms with E-state index in [-0.39, 0.29) is 56.9 Å². The lowest BCUT2D eigenvalue weighted by Gasteiger charge is -2.27. The van der Waals surface area contributed by atoms with Crippen LogP contribution >= 0.6 is 11.8 Å². The number of hydrogen-bond donors (Lipinski definition) is 7. The van der Waals surface area contributed by atoms with Gasteiger partial charge in [-0.2, -0.15) is 4.57 Å². The lowest BCUT2D eigenvalue weighted by molar-refractivity contribution is -0.671. The Morgan fingerprint density at radius 2 is 1.29 bits per heavy atom. The number of aromatic nitrogens is 1. The first-order valence-corrected chi connectivity index (χ1v) is 25.8. The molecular weight excluding hydrogens is 941 g/mol. The van der Waals surface area contributed by atoms with Crippen LogP contribution in [-0.4, -0.2) is 79.9 Å². The van der Waals surface area contributed by atoms with Crippen molar-refractivity contribution in [2.45, 2.75) is 106 Å². The number of aryl methyl sites for hydroxylation is 1. The number of nitrogens with zero attached hydrogens (tertiary/aromatic N) is 3. The predicted octanol–water partition coefficient (Wildman–Crippen LogP) is 4.14. The van der Waals surface area contributed by atoms with Crippen molar-refractivity contribution in [3.8, 4) is 0 Å². The number of para-hydroxylation sites is 2. The summed E-state index contributed by atoms with van der Waals surface area (Å²) in [7, 11) is 2.08. The van der Waals surface area contributed by atoms with Gasteiger partial charge in [0.2, 0.25) is 29.1 Å². The summed E-state index contributed by atoms with van der Waals surface area (Å²) in [6.45, 7) is 1.26. The number of hydrogen-bond acceptors (Lipinski definition) is 10. The van der Waals surface area contributed by atoms with Crippen molar-refractivity contribution in [2.24, 2.45) is 22.2 Å². The maximum atomic E-state index is 14.3. The lowest BCUT2D eigenvalue weighted by Crippen LogP contribution is -2.59. The van der Waals surface area contributed by atoms with E-state index in [1.165, 1.54) is 10.6 Å². The molecule has 0 spiro atoms. The van der Waals surface area contributed by atoms with Gasteiger partial charge in [0.15, 0.2) is 12.2 Å². The molecule has 17 heteroatoms. The second-order valence-corrected chi connectivity index (χ2v) is 19.1. The van der Waals surface area contributed by atoms with Gasteiger partial charge < -0.3 is 53.3 Å². The third-order valence-corrected chi connectivity index (χ3v) is 13.7. The minimum atomic E-state index is -1.46. The van der Waals surface area contributed by atoms with Crippen LogP contribution in [-0.2, 0) is 43.4 Å². The third-order valence-electron chi connectivity index (χ3n) is 12.5. The largest absolute Gasteiger partial charge is 0.548 e. The minimum Gasteiger partial charge on any atom is -0.548 e. The van der Waals surface area contributed by atoms with Crippen molar-refractivity contribution in [2.75, 3.05) is 25.0 Å². The SMILES string of the molecule is CN1/C(=C\C=C\c2cc[n+](CCCCCC(=O)N[C@@H](Cc3ccccc3)C(=O)N[C@H](CCCN=C(N)N)C(=O)N[C@@H](Cc3ccccc3)C(=O)N[C@@H](CCCCN)C(=O)[O-])c3ccccc23)Sc2ccccc21. The number of pyridine rings is 1. The van der Waals surface area contributed by atoms with Gasteiger partial charge in [-0.05, 0) is 92.5 Å². The molecule has 10 N–H and O–H groups in total. The molecule has 0 radical (unpaired) electrons. The van der Waals surface area contributed by atoms with Gasteiger partial charge in [0.1, 0.15) is 24.7 Å². The number of rotatable bonds is 28. The molecular formula is C56H68N10O6S. The Morgan fingerprint density at radius 1 is 0.685 bits per heavy atom. The van der Waals surface area contributed by atoms with E-state index in [1.54, 1.807) is 36.0 Å². The number of fused-ring (bicyclic) bond motifs is 2. The van der Waals surface area contributed by atoms with E-state index in [9.17, 15) is 29.1 Å². The molecule has 73 heavy (non-hydrogen) atoms. The molecule has 5 aromatic rings. The number of nitrogens with two attached hydrogens (primary N) is 3. The minimum absolute atomic E-state index is 0.0223. The van der Waals surface area contributed by atoms with Gasteiger partial charge in [0.05, 0.1) is 28.1 Å². The summed E-state index contributed by atoms with van der Waals surface area (Å²) >= 11 is 1.76. The van der Waals surface area contributed by atoms with E-state index < -0.39 is 47.9 Å². The molecule has 0 saturated carbocycles. The summed E-state index contributed by atoms with van der Waals surface area (Å²) in [5, 5.41) is 25.4. The Labute approximate surface area is 432 Å². The highest BCUT2D eigenvalue weighted by molar-refractivity contribution is 8.03. The quantitative estimate of drug-likeness (QED) is 0.0162. The summed E-state index contributed by atoms with van der Waals surface area (Å²) in [5.41, 5.74) is 21.6. The second-order valence-electron chi connectivity index (χ2n) is 18.0. The molecule has 4 atom stereocenters. The first-order valence-electron chi connectivity index (χ1n) is 24.9. The number of benzene rings is 4. The number of amides is 4. The maximum absolute atomic E-state index is 14.3. The van der Waals surface area contributed by atoms with E-state index in [2.05, 4.69) is 110 Å². The summed E-state index contributed by atoms with van der Waals surface area (Å²) < 4.78 is 2.23. The number of carboxylic acid groups (broad SMARTS) is 1. The Balaban J connectivity index is 1.09. The number of aliphatic carboxylic acids is 1. The van der Waals surface area contributed by atoms with Crippen LogP contribution in [0.1, 0.15) is 74.5 Å². The van der Waals surface area contributed by atoms with E-state index in [1.807, 2.05) is 48.5 Å². The zero-order valence-corrected chi connectivity index (χ0v) is 42.2. The highest BCUT2D eigenvalue weighted by Crippen LogP contribution is 2.44. The average Bonchev–Trinajstić information content (AvgIpc) is 3.71. The molecule has 1 aliphatic heterocycles. The Hall–Kier alpha value is -7.50. The standard InChI is InChI=1S/C56H68N10O6S/c1-65-48-28-12-13-29-49(48)73-51(65)31-17-23-41-32-36-66(47-27-11-10-24-42(41)47)35-16-4-9-30-50(67)61-45(37-39-19-5-2-6-20-39)53(69)62-43(26-18-34-60-56(58)59)52(68)64-46(38-40-21-7-3-8-22-40)54(70)63-44(55(71)72)25-14-15-33-57/h2-3,5-8,10-13,17,19-24,27-29,31-32,36,43-46H,4,9,14-16,18,25-26,30,33-35,37-38,57H2,1H3,(H8-,58,59,60,61,62,63,64,67,68,69,70,71,72)/t43-,44+,45+,46+/m1/s1. The number of carboxylic acids is 1. The summed E-state index contributed by atoms with van der Waals surface area (Å²) in [5.74, 6) is -3.94. The fourth-order valence-electron chi connectivity index (χ4n) is 8.61. The van der Waals surface area contributed by atoms with E-state index in [0.29, 0.717) is 31.4 Å². The van der Waals surface area contributed by atoms with E-state index in [0.717, 1.165) is 46.4 Å². The van der Waals surface area contributed by atoms with Crippen molar-refractivity contribution < 1.29 is 33.6 Å². The third kappa shape index (κ3) is 17.1. The molecule has 1 aromatic heterocycles. The van der Waals surface area contributed by atoms with Gasteiger partial charge in [-0.1, -0.05) is 109 Å². The Kier molecular flexibility index (Phi) is 21.4. The molecule has 0 fully saturated rings. The molecule has 0 bridgehead atoms. The zero-order chi connectivity index (χ0) is 52.0. The van der Waals surface area contributed by atoms with Crippen LogP contribution in [0.3, 0.4) is 0 Å². The summed E-state index contributed by atoms with van der Waals surface area (Å²) in [6.07, 6.45) is 12.4. The van der Waals surface area contributed by atoms with Crippen LogP contribution in [0, 0.1) is 0 Å². The van der Waals surface area contributed by atoms with Crippen LogP contribution in [0.4, 0.5) is 5.69 Å². The van der Waals surface area contributed by atoms with Crippen LogP contribution < -0.4 is 53.0 Å². The first-order chi connectivity index (χ1) is 35.4. The Morgan fingerprint density at radius 3 is 1.96 bits per heavy atom. The second kappa shape index (κ2) is 28.5. The molecule has 384 valence electrons. The highest BCUT2D eigenvalue weighted by Gasteiger charge is 2.31. The number of guanidine groups is 1. The topological polar surface area (TPSA) is 254 Å². The molecule has 4 amide bonds. The van der Waals surface area contributed by atoms with Gasteiger partial charge in [0, 0.05) is 56.3 Å². The van der Waals surface area contributed by atoms with Gasteiger partial charge in [-0.15, -0.1) is 0 Å². The molecule has 6 rings (SSSR count). The summed E-state index contributed by atoms with van der Waals surface area (Å²) in [6, 6.07) is 32.2. The molecule has 0 aliphatic carbocycles. The van der Waals surface area contributed by atoms with Crippen LogP contribution in [0.15, 0.2) is 149 Å². The van der Waals surface area contributed by atoms with Gasteiger partial charge in [0.25, 0.3) is 0 Å². The predicted molar refractivity (Wildman–Crippen MR) is 286 cm³/mol. The summed E-state index contributed by atoms with van der Waals surface area (Å²) in [4.78, 5) is 75.4. The first kappa shape index (κ1) is 54.8. The van der Waals surface area contributed by atoms with Crippen LogP contribution in [0.5, 0.6) is 0 Å². The van der Waals surface area contributed by atoms with E-state index >= 15 is 0 Å².